The molecule has 0 spiro atoms. The molecule has 1 aromatic rings. The number of nitrogens with two attached hydrogens (primary N) is 1. The molecule has 0 aliphatic carbocycles. The van der Waals surface area contributed by atoms with E-state index in [-0.39, 0.29) is 17.9 Å². The van der Waals surface area contributed by atoms with Gasteiger partial charge in [-0.3, -0.25) is 5.32 Å². The molecule has 1 atom stereocenters. The number of hydrogen-bond acceptors (Lipinski definition) is 9. The van der Waals surface area contributed by atoms with Crippen molar-refractivity contribution in [2.45, 2.75) is 24.2 Å². The predicted molar refractivity (Wildman–Crippen MR) is 98.4 cm³/mol. The second-order valence-corrected chi connectivity index (χ2v) is 7.59. The molecule has 1 unspecified atom stereocenters. The van der Waals surface area contributed by atoms with Gasteiger partial charge in [0, 0.05) is 32.3 Å². The van der Waals surface area contributed by atoms with Crippen molar-refractivity contribution in [2.24, 2.45) is 5.73 Å². The maximum Gasteiger partial charge on any atom is 0.182 e. The van der Waals surface area contributed by atoms with Gasteiger partial charge in [0.1, 0.15) is 4.71 Å². The summed E-state index contributed by atoms with van der Waals surface area (Å²) in [7, 11) is 0. The Hall–Kier alpha value is -0.290. The molecule has 0 aliphatic rings. The van der Waals surface area contributed by atoms with Crippen LogP contribution < -0.4 is 16.4 Å². The Kier molecular flexibility index (Phi) is 10.9. The molecule has 0 aliphatic heterocycles. The van der Waals surface area contributed by atoms with Gasteiger partial charge in [0.05, 0.1) is 11.5 Å². The summed E-state index contributed by atoms with van der Waals surface area (Å²) in [5, 5.41) is 25.3. The Morgan fingerprint density at radius 2 is 2.32 bits per heavy atom. The first kappa shape index (κ1) is 19.8. The number of aliphatic hydroxyl groups is 2. The van der Waals surface area contributed by atoms with Crippen LogP contribution in [0.25, 0.3) is 0 Å². The van der Waals surface area contributed by atoms with Gasteiger partial charge in [-0.1, -0.05) is 17.4 Å². The highest BCUT2D eigenvalue weighted by atomic mass is 32.2. The van der Waals surface area contributed by atoms with Gasteiger partial charge >= 0.3 is 0 Å². The molecular weight excluding hydrogens is 340 g/mol. The van der Waals surface area contributed by atoms with Crippen LogP contribution in [0.1, 0.15) is 17.7 Å². The van der Waals surface area contributed by atoms with Crippen molar-refractivity contribution in [3.8, 4) is 0 Å². The first-order valence-corrected chi connectivity index (χ1v) is 9.28. The fourth-order valence-corrected chi connectivity index (χ4v) is 3.73. The van der Waals surface area contributed by atoms with Gasteiger partial charge in [-0.2, -0.15) is 0 Å². The van der Waals surface area contributed by atoms with Gasteiger partial charge in [-0.05, 0) is 17.9 Å². The summed E-state index contributed by atoms with van der Waals surface area (Å²) in [6.45, 7) is 2.25. The molecule has 22 heavy (non-hydrogen) atoms. The van der Waals surface area contributed by atoms with E-state index in [1.54, 1.807) is 18.0 Å². The number of rotatable bonds is 12. The normalized spacial score (nSPS) is 13.4. The smallest absolute Gasteiger partial charge is 0.182 e. The summed E-state index contributed by atoms with van der Waals surface area (Å²) >= 11 is 7.51. The van der Waals surface area contributed by atoms with E-state index in [2.05, 4.69) is 28.2 Å². The molecule has 9 heteroatoms. The van der Waals surface area contributed by atoms with Gasteiger partial charge in [-0.15, -0.1) is 24.4 Å². The van der Waals surface area contributed by atoms with Crippen molar-refractivity contribution in [1.82, 2.24) is 10.3 Å². The molecule has 126 valence electrons. The summed E-state index contributed by atoms with van der Waals surface area (Å²) in [6.07, 6.45) is 5.13. The van der Waals surface area contributed by atoms with Gasteiger partial charge in [0.25, 0.3) is 0 Å². The number of hydrogen-bond donors (Lipinski definition) is 6. The molecule has 1 rings (SSSR count). The second-order valence-electron chi connectivity index (χ2n) is 4.37. The molecule has 1 aromatic heterocycles. The number of anilines is 1. The van der Waals surface area contributed by atoms with Crippen LogP contribution in [0.2, 0.25) is 0 Å². The molecule has 6 N–H and O–H groups in total. The molecule has 0 amide bonds. The standard InChI is InChI=1S/C13H24N4O2S3/c14-4-2-10(3-7-18)22-13(20)16-6-1-5-15-12-17-8-11(9-19)21-12/h2,8,13,16,18-20H,1,3-7,9,14H2,(H,15,17). The minimum absolute atomic E-state index is 0.0230. The van der Waals surface area contributed by atoms with E-state index in [1.165, 1.54) is 11.3 Å². The van der Waals surface area contributed by atoms with E-state index in [1.807, 2.05) is 6.08 Å². The summed E-state index contributed by atoms with van der Waals surface area (Å²) in [5.74, 6) is 0. The highest BCUT2D eigenvalue weighted by molar-refractivity contribution is 8.12. The lowest BCUT2D eigenvalue weighted by molar-refractivity contribution is 0.285. The van der Waals surface area contributed by atoms with Crippen molar-refractivity contribution >= 4 is 40.9 Å². The lowest BCUT2D eigenvalue weighted by Crippen LogP contribution is -2.24. The zero-order chi connectivity index (χ0) is 16.2. The lowest BCUT2D eigenvalue weighted by Gasteiger charge is -2.14. The highest BCUT2D eigenvalue weighted by Gasteiger charge is 2.06. The maximum atomic E-state index is 8.98. The van der Waals surface area contributed by atoms with Gasteiger partial charge in [-0.25, -0.2) is 4.98 Å². The Morgan fingerprint density at radius 3 is 2.95 bits per heavy atom. The topological polar surface area (TPSA) is 103 Å². The van der Waals surface area contributed by atoms with Crippen LogP contribution in [0.15, 0.2) is 17.2 Å². The van der Waals surface area contributed by atoms with E-state index >= 15 is 0 Å². The molecule has 0 radical (unpaired) electrons. The summed E-state index contributed by atoms with van der Waals surface area (Å²) in [6, 6.07) is 0. The molecule has 6 nitrogen and oxygen atoms in total. The second kappa shape index (κ2) is 12.2. The van der Waals surface area contributed by atoms with Crippen LogP contribution in [0.4, 0.5) is 5.13 Å². The van der Waals surface area contributed by atoms with E-state index in [9.17, 15) is 0 Å². The first-order chi connectivity index (χ1) is 10.7. The summed E-state index contributed by atoms with van der Waals surface area (Å²) < 4.78 is -0.0230. The van der Waals surface area contributed by atoms with Crippen LogP contribution in [0, 0.1) is 0 Å². The molecule has 0 fully saturated rings. The number of nitrogens with zero attached hydrogens (tertiary/aromatic N) is 1. The third-order valence-corrected chi connectivity index (χ3v) is 5.13. The Balaban J connectivity index is 2.13. The number of thioether (sulfide) groups is 1. The molecular formula is C13H24N4O2S3. The first-order valence-electron chi connectivity index (χ1n) is 7.07. The van der Waals surface area contributed by atoms with Crippen LogP contribution >= 0.6 is 35.7 Å². The molecule has 0 saturated carbocycles. The van der Waals surface area contributed by atoms with Crippen LogP contribution in [0.5, 0.6) is 0 Å². The summed E-state index contributed by atoms with van der Waals surface area (Å²) in [5.41, 5.74) is 5.50. The molecule has 0 bridgehead atoms. The van der Waals surface area contributed by atoms with Crippen LogP contribution in [-0.4, -0.2) is 46.1 Å². The van der Waals surface area contributed by atoms with Crippen LogP contribution in [0.3, 0.4) is 0 Å². The zero-order valence-corrected chi connectivity index (χ0v) is 14.9. The average molecular weight is 365 g/mol. The molecule has 1 heterocycles. The minimum Gasteiger partial charge on any atom is -0.396 e. The van der Waals surface area contributed by atoms with Crippen LogP contribution in [-0.2, 0) is 6.61 Å². The fourth-order valence-electron chi connectivity index (χ4n) is 1.61. The van der Waals surface area contributed by atoms with E-state index < -0.39 is 0 Å². The third kappa shape index (κ3) is 8.37. The largest absolute Gasteiger partial charge is 0.396 e. The van der Waals surface area contributed by atoms with E-state index in [0.717, 1.165) is 34.4 Å². The van der Waals surface area contributed by atoms with Crippen molar-refractivity contribution in [3.63, 3.8) is 0 Å². The lowest BCUT2D eigenvalue weighted by atomic mass is 10.4. The quantitative estimate of drug-likeness (QED) is 0.188. The van der Waals surface area contributed by atoms with Crippen molar-refractivity contribution < 1.29 is 10.2 Å². The maximum absolute atomic E-state index is 8.98. The number of aromatic nitrogens is 1. The van der Waals surface area contributed by atoms with Gasteiger partial charge < -0.3 is 21.3 Å². The molecule has 0 aromatic carbocycles. The Morgan fingerprint density at radius 1 is 1.50 bits per heavy atom. The Labute approximate surface area is 145 Å². The monoisotopic (exact) mass is 364 g/mol. The van der Waals surface area contributed by atoms with Gasteiger partial charge in [0.2, 0.25) is 0 Å². The SMILES string of the molecule is NCC=C(CCO)SC(S)NCCCNc1ncc(CO)s1. The van der Waals surface area contributed by atoms with E-state index in [0.29, 0.717) is 13.0 Å². The zero-order valence-electron chi connectivity index (χ0n) is 12.4. The fraction of sp³-hybridized carbons (Fsp3) is 0.615. The number of aliphatic hydroxyl groups excluding tert-OH is 2. The number of thiol groups is 1. The summed E-state index contributed by atoms with van der Waals surface area (Å²) in [4.78, 5) is 6.07. The van der Waals surface area contributed by atoms with E-state index in [4.69, 9.17) is 15.9 Å². The Bertz CT molecular complexity index is 443. The average Bonchev–Trinajstić information content (AvgIpc) is 2.95. The predicted octanol–water partition coefficient (Wildman–Crippen LogP) is 1.20. The molecule has 0 saturated heterocycles. The number of thiazole rings is 1. The van der Waals surface area contributed by atoms with Gasteiger partial charge in [0.15, 0.2) is 5.13 Å². The number of nitrogens with one attached hydrogen (secondary N) is 2. The van der Waals surface area contributed by atoms with Crippen molar-refractivity contribution in [1.29, 1.82) is 0 Å². The third-order valence-electron chi connectivity index (χ3n) is 2.62. The highest BCUT2D eigenvalue weighted by Crippen LogP contribution is 2.24. The van der Waals surface area contributed by atoms with Crippen molar-refractivity contribution in [2.75, 3.05) is 31.6 Å². The minimum atomic E-state index is -0.0230. The van der Waals surface area contributed by atoms with Crippen molar-refractivity contribution in [3.05, 3.63) is 22.1 Å².